The van der Waals surface area contributed by atoms with Gasteiger partial charge >= 0.3 is 0 Å². The van der Waals surface area contributed by atoms with Crippen molar-refractivity contribution in [2.75, 3.05) is 13.2 Å². The molecule has 0 amide bonds. The number of aromatic nitrogens is 2. The molecule has 2 aromatic rings. The van der Waals surface area contributed by atoms with Crippen molar-refractivity contribution in [3.8, 4) is 5.75 Å². The minimum atomic E-state index is -0.577. The van der Waals surface area contributed by atoms with Crippen LogP contribution in [-0.2, 0) is 6.54 Å². The molecule has 1 unspecified atom stereocenters. The Balaban J connectivity index is 1.69. The Hall–Kier alpha value is -1.50. The van der Waals surface area contributed by atoms with Gasteiger partial charge in [0.15, 0.2) is 0 Å². The molecule has 2 N–H and O–H groups in total. The quantitative estimate of drug-likeness (QED) is 0.799. The Morgan fingerprint density at radius 1 is 1.38 bits per heavy atom. The van der Waals surface area contributed by atoms with Crippen LogP contribution in [0.2, 0.25) is 0 Å². The molecule has 0 spiro atoms. The summed E-state index contributed by atoms with van der Waals surface area (Å²) in [7, 11) is 0. The van der Waals surface area contributed by atoms with Gasteiger partial charge in [-0.1, -0.05) is 22.0 Å². The molecular formula is C15H18BrN3O2. The van der Waals surface area contributed by atoms with Gasteiger partial charge in [-0.2, -0.15) is 0 Å². The first-order valence-corrected chi connectivity index (χ1v) is 7.48. The second-order valence-electron chi connectivity index (χ2n) is 4.65. The molecule has 0 bridgehead atoms. The zero-order valence-corrected chi connectivity index (χ0v) is 13.4. The van der Waals surface area contributed by atoms with E-state index in [4.69, 9.17) is 4.74 Å². The second-order valence-corrected chi connectivity index (χ2v) is 5.56. The summed E-state index contributed by atoms with van der Waals surface area (Å²) in [6, 6.07) is 9.39. The van der Waals surface area contributed by atoms with E-state index in [0.717, 1.165) is 21.7 Å². The Morgan fingerprint density at radius 2 is 2.24 bits per heavy atom. The minimum absolute atomic E-state index is 0.242. The predicted octanol–water partition coefficient (Wildman–Crippen LogP) is 2.08. The van der Waals surface area contributed by atoms with E-state index in [-0.39, 0.29) is 6.61 Å². The zero-order chi connectivity index (χ0) is 15.1. The summed E-state index contributed by atoms with van der Waals surface area (Å²) in [4.78, 5) is 8.32. The van der Waals surface area contributed by atoms with Gasteiger partial charge in [0.1, 0.15) is 24.3 Å². The molecule has 1 aromatic carbocycles. The first-order chi connectivity index (χ1) is 10.1. The molecule has 0 fully saturated rings. The van der Waals surface area contributed by atoms with Gasteiger partial charge in [0.2, 0.25) is 0 Å². The van der Waals surface area contributed by atoms with E-state index in [0.29, 0.717) is 13.1 Å². The summed E-state index contributed by atoms with van der Waals surface area (Å²) in [5.74, 6) is 1.47. The van der Waals surface area contributed by atoms with Crippen LogP contribution >= 0.6 is 15.9 Å². The molecular weight excluding hydrogens is 334 g/mol. The zero-order valence-electron chi connectivity index (χ0n) is 11.8. The average molecular weight is 352 g/mol. The fourth-order valence-electron chi connectivity index (χ4n) is 1.78. The summed E-state index contributed by atoms with van der Waals surface area (Å²) in [6.45, 7) is 3.13. The lowest BCUT2D eigenvalue weighted by Gasteiger charge is -2.13. The minimum Gasteiger partial charge on any atom is -0.491 e. The van der Waals surface area contributed by atoms with Gasteiger partial charge in [-0.05, 0) is 31.2 Å². The Morgan fingerprint density at radius 3 is 3.00 bits per heavy atom. The summed E-state index contributed by atoms with van der Waals surface area (Å²) in [5.41, 5.74) is 0.905. The lowest BCUT2D eigenvalue weighted by atomic mass is 10.3. The van der Waals surface area contributed by atoms with Crippen LogP contribution in [-0.4, -0.2) is 34.3 Å². The van der Waals surface area contributed by atoms with Gasteiger partial charge < -0.3 is 15.2 Å². The van der Waals surface area contributed by atoms with Crippen molar-refractivity contribution in [2.45, 2.75) is 19.6 Å². The number of aliphatic hydroxyl groups is 1. The maximum Gasteiger partial charge on any atom is 0.125 e. The van der Waals surface area contributed by atoms with Crippen molar-refractivity contribution in [2.24, 2.45) is 0 Å². The predicted molar refractivity (Wildman–Crippen MR) is 84.1 cm³/mol. The van der Waals surface area contributed by atoms with Crippen LogP contribution in [0.5, 0.6) is 5.75 Å². The van der Waals surface area contributed by atoms with Crippen LogP contribution in [0.25, 0.3) is 0 Å². The van der Waals surface area contributed by atoms with E-state index < -0.39 is 6.10 Å². The van der Waals surface area contributed by atoms with Crippen molar-refractivity contribution in [1.29, 1.82) is 0 Å². The molecule has 1 atom stereocenters. The van der Waals surface area contributed by atoms with Crippen molar-refractivity contribution in [3.63, 3.8) is 0 Å². The fourth-order valence-corrected chi connectivity index (χ4v) is 2.16. The topological polar surface area (TPSA) is 67.3 Å². The lowest BCUT2D eigenvalue weighted by Crippen LogP contribution is -2.31. The molecule has 5 nitrogen and oxygen atoms in total. The normalized spacial score (nSPS) is 12.1. The SMILES string of the molecule is Cc1nccc(CNCC(O)COc2cccc(Br)c2)n1. The maximum atomic E-state index is 9.88. The third kappa shape index (κ3) is 5.79. The van der Waals surface area contributed by atoms with E-state index in [2.05, 4.69) is 31.2 Å². The number of rotatable bonds is 7. The van der Waals surface area contributed by atoms with Gasteiger partial charge in [-0.3, -0.25) is 0 Å². The fraction of sp³-hybridized carbons (Fsp3) is 0.333. The highest BCUT2D eigenvalue weighted by Gasteiger charge is 2.05. The number of ether oxygens (including phenoxy) is 1. The van der Waals surface area contributed by atoms with Crippen LogP contribution in [0.4, 0.5) is 0 Å². The number of halogens is 1. The smallest absolute Gasteiger partial charge is 0.125 e. The van der Waals surface area contributed by atoms with Crippen LogP contribution in [0, 0.1) is 6.92 Å². The molecule has 0 aliphatic carbocycles. The Kier molecular flexibility index (Phi) is 6.10. The van der Waals surface area contributed by atoms with Gasteiger partial charge in [0.05, 0.1) is 5.69 Å². The summed E-state index contributed by atoms with van der Waals surface area (Å²) in [5, 5.41) is 13.0. The van der Waals surface area contributed by atoms with E-state index >= 15 is 0 Å². The molecule has 112 valence electrons. The number of aliphatic hydroxyl groups excluding tert-OH is 1. The lowest BCUT2D eigenvalue weighted by molar-refractivity contribution is 0.106. The monoisotopic (exact) mass is 351 g/mol. The largest absolute Gasteiger partial charge is 0.491 e. The van der Waals surface area contributed by atoms with Crippen molar-refractivity contribution in [1.82, 2.24) is 15.3 Å². The van der Waals surface area contributed by atoms with Gasteiger partial charge in [-0.15, -0.1) is 0 Å². The second kappa shape index (κ2) is 8.07. The first kappa shape index (κ1) is 15.9. The third-order valence-corrected chi connectivity index (χ3v) is 3.25. The maximum absolute atomic E-state index is 9.88. The van der Waals surface area contributed by atoms with E-state index in [9.17, 15) is 5.11 Å². The summed E-state index contributed by atoms with van der Waals surface area (Å²) >= 11 is 3.38. The van der Waals surface area contributed by atoms with Crippen LogP contribution < -0.4 is 10.1 Å². The van der Waals surface area contributed by atoms with Crippen LogP contribution in [0.1, 0.15) is 11.5 Å². The molecule has 0 radical (unpaired) electrons. The van der Waals surface area contributed by atoms with E-state index in [1.165, 1.54) is 0 Å². The van der Waals surface area contributed by atoms with Crippen molar-refractivity contribution < 1.29 is 9.84 Å². The van der Waals surface area contributed by atoms with Gasteiger partial charge in [-0.25, -0.2) is 9.97 Å². The van der Waals surface area contributed by atoms with Crippen molar-refractivity contribution in [3.05, 3.63) is 52.5 Å². The Bertz CT molecular complexity index is 580. The molecule has 0 saturated carbocycles. The summed E-state index contributed by atoms with van der Waals surface area (Å²) in [6.07, 6.45) is 1.15. The van der Waals surface area contributed by atoms with Gasteiger partial charge in [0, 0.05) is 23.8 Å². The molecule has 21 heavy (non-hydrogen) atoms. The van der Waals surface area contributed by atoms with Crippen molar-refractivity contribution >= 4 is 15.9 Å². The molecule has 2 rings (SSSR count). The molecule has 0 saturated heterocycles. The highest BCUT2D eigenvalue weighted by molar-refractivity contribution is 9.10. The molecule has 1 heterocycles. The van der Waals surface area contributed by atoms with E-state index in [1.54, 1.807) is 6.20 Å². The molecule has 1 aromatic heterocycles. The van der Waals surface area contributed by atoms with Crippen LogP contribution in [0.3, 0.4) is 0 Å². The van der Waals surface area contributed by atoms with Gasteiger partial charge in [0.25, 0.3) is 0 Å². The number of nitrogens with zero attached hydrogens (tertiary/aromatic N) is 2. The number of benzene rings is 1. The highest BCUT2D eigenvalue weighted by Crippen LogP contribution is 2.17. The standard InChI is InChI=1S/C15H18BrN3O2/c1-11-18-6-5-13(19-11)8-17-9-14(20)10-21-15-4-2-3-12(16)7-15/h2-7,14,17,20H,8-10H2,1H3. The molecule has 0 aliphatic rings. The summed E-state index contributed by atoms with van der Waals surface area (Å²) < 4.78 is 6.48. The number of nitrogens with one attached hydrogen (secondary N) is 1. The molecule has 0 aliphatic heterocycles. The first-order valence-electron chi connectivity index (χ1n) is 6.69. The number of hydrogen-bond acceptors (Lipinski definition) is 5. The third-order valence-electron chi connectivity index (χ3n) is 2.76. The molecule has 6 heteroatoms. The highest BCUT2D eigenvalue weighted by atomic mass is 79.9. The number of aryl methyl sites for hydroxylation is 1. The average Bonchev–Trinajstić information content (AvgIpc) is 2.45. The van der Waals surface area contributed by atoms with Crippen LogP contribution in [0.15, 0.2) is 41.0 Å². The Labute approximate surface area is 132 Å². The number of hydrogen-bond donors (Lipinski definition) is 2. The van der Waals surface area contributed by atoms with E-state index in [1.807, 2.05) is 37.3 Å².